The second-order valence-electron chi connectivity index (χ2n) is 4.38. The van der Waals surface area contributed by atoms with E-state index < -0.39 is 0 Å². The number of fused-ring (bicyclic) bond motifs is 1. The number of piperidine rings is 1. The van der Waals surface area contributed by atoms with Crippen molar-refractivity contribution >= 4 is 6.29 Å². The third-order valence-corrected chi connectivity index (χ3v) is 3.34. The zero-order chi connectivity index (χ0) is 9.26. The molecule has 2 aliphatic heterocycles. The highest BCUT2D eigenvalue weighted by atomic mass is 16.1. The van der Waals surface area contributed by atoms with Gasteiger partial charge in [0.05, 0.1) is 0 Å². The summed E-state index contributed by atoms with van der Waals surface area (Å²) in [7, 11) is 2.18. The first-order valence-corrected chi connectivity index (χ1v) is 5.17. The van der Waals surface area contributed by atoms with Gasteiger partial charge >= 0.3 is 0 Å². The van der Waals surface area contributed by atoms with Crippen LogP contribution < -0.4 is 0 Å². The smallest absolute Gasteiger partial charge is 0.124 e. The molecule has 0 aliphatic carbocycles. The lowest BCUT2D eigenvalue weighted by Gasteiger charge is -2.44. The van der Waals surface area contributed by atoms with Crippen LogP contribution in [0.1, 0.15) is 12.8 Å². The van der Waals surface area contributed by atoms with Crippen molar-refractivity contribution in [1.82, 2.24) is 9.80 Å². The summed E-state index contributed by atoms with van der Waals surface area (Å²) in [6.07, 6.45) is 3.43. The van der Waals surface area contributed by atoms with E-state index >= 15 is 0 Å². The van der Waals surface area contributed by atoms with E-state index in [2.05, 4.69) is 16.8 Å². The molecule has 0 amide bonds. The molecule has 13 heavy (non-hydrogen) atoms. The topological polar surface area (TPSA) is 23.6 Å². The van der Waals surface area contributed by atoms with Gasteiger partial charge in [0, 0.05) is 38.1 Å². The number of likely N-dealkylation sites (N-methyl/N-ethyl adjacent to an activating group) is 1. The molecule has 0 saturated carbocycles. The van der Waals surface area contributed by atoms with E-state index in [9.17, 15) is 4.79 Å². The van der Waals surface area contributed by atoms with Crippen molar-refractivity contribution < 1.29 is 4.79 Å². The minimum absolute atomic E-state index is 0.305. The van der Waals surface area contributed by atoms with Crippen molar-refractivity contribution in [1.29, 1.82) is 0 Å². The molecule has 0 spiro atoms. The molecule has 2 rings (SSSR count). The van der Waals surface area contributed by atoms with Crippen molar-refractivity contribution in [2.45, 2.75) is 18.9 Å². The lowest BCUT2D eigenvalue weighted by molar-refractivity contribution is -0.113. The molecule has 0 bridgehead atoms. The first-order valence-electron chi connectivity index (χ1n) is 5.17. The Kier molecular flexibility index (Phi) is 2.65. The maximum absolute atomic E-state index is 10.7. The monoisotopic (exact) mass is 182 g/mol. The van der Waals surface area contributed by atoms with Crippen LogP contribution >= 0.6 is 0 Å². The zero-order valence-corrected chi connectivity index (χ0v) is 8.28. The van der Waals surface area contributed by atoms with E-state index in [4.69, 9.17) is 0 Å². The molecule has 2 unspecified atom stereocenters. The van der Waals surface area contributed by atoms with Crippen molar-refractivity contribution in [3.8, 4) is 0 Å². The molecule has 0 aromatic rings. The highest BCUT2D eigenvalue weighted by Gasteiger charge is 2.31. The van der Waals surface area contributed by atoms with Gasteiger partial charge in [-0.25, -0.2) is 0 Å². The van der Waals surface area contributed by atoms with Crippen LogP contribution in [0.3, 0.4) is 0 Å². The minimum Gasteiger partial charge on any atom is -0.304 e. The molecule has 74 valence electrons. The molecule has 2 fully saturated rings. The van der Waals surface area contributed by atoms with E-state index in [1.54, 1.807) is 0 Å². The Bertz CT molecular complexity index is 195. The molecule has 0 N–H and O–H groups in total. The number of piperazine rings is 1. The van der Waals surface area contributed by atoms with Crippen LogP contribution in [0.4, 0.5) is 0 Å². The van der Waals surface area contributed by atoms with E-state index in [1.165, 1.54) is 13.0 Å². The standard InChI is InChI=1S/C10H18N2O/c1-11-4-5-12-6-9(8-13)2-3-10(12)7-11/h8-10H,2-7H2,1H3. The number of hydrogen-bond donors (Lipinski definition) is 0. The summed E-state index contributed by atoms with van der Waals surface area (Å²) in [5.41, 5.74) is 0. The summed E-state index contributed by atoms with van der Waals surface area (Å²) in [6, 6.07) is 0.718. The predicted octanol–water partition coefficient (Wildman–Crippen LogP) is 0.211. The van der Waals surface area contributed by atoms with Crippen LogP contribution in [0.2, 0.25) is 0 Å². The number of aldehydes is 1. The summed E-state index contributed by atoms with van der Waals surface area (Å²) >= 11 is 0. The summed E-state index contributed by atoms with van der Waals surface area (Å²) in [5, 5.41) is 0. The first kappa shape index (κ1) is 9.16. The van der Waals surface area contributed by atoms with Crippen molar-refractivity contribution in [2.75, 3.05) is 33.2 Å². The molecular formula is C10H18N2O. The summed E-state index contributed by atoms with van der Waals surface area (Å²) in [4.78, 5) is 15.5. The maximum Gasteiger partial charge on any atom is 0.124 e. The molecule has 2 atom stereocenters. The van der Waals surface area contributed by atoms with Gasteiger partial charge < -0.3 is 9.69 Å². The Morgan fingerprint density at radius 2 is 2.08 bits per heavy atom. The number of carbonyl (C=O) groups is 1. The lowest BCUT2D eigenvalue weighted by atomic mass is 9.92. The molecule has 0 radical (unpaired) electrons. The summed E-state index contributed by atoms with van der Waals surface area (Å²) in [6.45, 7) is 4.49. The predicted molar refractivity (Wildman–Crippen MR) is 51.6 cm³/mol. The van der Waals surface area contributed by atoms with Crippen LogP contribution in [-0.2, 0) is 4.79 Å². The Hall–Kier alpha value is -0.410. The normalized spacial score (nSPS) is 37.0. The van der Waals surface area contributed by atoms with Crippen LogP contribution in [0.15, 0.2) is 0 Å². The Morgan fingerprint density at radius 3 is 2.85 bits per heavy atom. The summed E-state index contributed by atoms with van der Waals surface area (Å²) < 4.78 is 0. The lowest BCUT2D eigenvalue weighted by Crippen LogP contribution is -2.55. The fourth-order valence-electron chi connectivity index (χ4n) is 2.47. The average Bonchev–Trinajstić information content (AvgIpc) is 2.17. The van der Waals surface area contributed by atoms with Gasteiger partial charge in [0.1, 0.15) is 6.29 Å². The average molecular weight is 182 g/mol. The number of carbonyl (C=O) groups excluding carboxylic acids is 1. The van der Waals surface area contributed by atoms with Gasteiger partial charge in [-0.1, -0.05) is 0 Å². The second-order valence-corrected chi connectivity index (χ2v) is 4.38. The molecular weight excluding hydrogens is 164 g/mol. The molecule has 2 saturated heterocycles. The molecule has 0 aromatic carbocycles. The van der Waals surface area contributed by atoms with E-state index in [-0.39, 0.29) is 0 Å². The highest BCUT2D eigenvalue weighted by Crippen LogP contribution is 2.23. The van der Waals surface area contributed by atoms with E-state index in [0.29, 0.717) is 5.92 Å². The summed E-state index contributed by atoms with van der Waals surface area (Å²) in [5.74, 6) is 0.305. The fraction of sp³-hybridized carbons (Fsp3) is 0.900. The van der Waals surface area contributed by atoms with Gasteiger partial charge in [-0.05, 0) is 19.9 Å². The molecule has 0 aromatic heterocycles. The van der Waals surface area contributed by atoms with Crippen LogP contribution in [0, 0.1) is 5.92 Å². The van der Waals surface area contributed by atoms with Crippen LogP contribution in [0.5, 0.6) is 0 Å². The Labute approximate surface area is 79.7 Å². The van der Waals surface area contributed by atoms with Gasteiger partial charge in [-0.3, -0.25) is 4.90 Å². The molecule has 2 aliphatic rings. The first-order chi connectivity index (χ1) is 6.29. The SMILES string of the molecule is CN1CCN2CC(C=O)CCC2C1. The van der Waals surface area contributed by atoms with Crippen LogP contribution in [0.25, 0.3) is 0 Å². The van der Waals surface area contributed by atoms with Gasteiger partial charge in [-0.2, -0.15) is 0 Å². The zero-order valence-electron chi connectivity index (χ0n) is 8.28. The third kappa shape index (κ3) is 1.92. The number of hydrogen-bond acceptors (Lipinski definition) is 3. The molecule has 3 heteroatoms. The van der Waals surface area contributed by atoms with Gasteiger partial charge in [-0.15, -0.1) is 0 Å². The third-order valence-electron chi connectivity index (χ3n) is 3.34. The fourth-order valence-corrected chi connectivity index (χ4v) is 2.47. The largest absolute Gasteiger partial charge is 0.304 e. The quantitative estimate of drug-likeness (QED) is 0.542. The van der Waals surface area contributed by atoms with Gasteiger partial charge in [0.2, 0.25) is 0 Å². The van der Waals surface area contributed by atoms with Crippen molar-refractivity contribution in [3.63, 3.8) is 0 Å². The molecule has 2 heterocycles. The van der Waals surface area contributed by atoms with Crippen molar-refractivity contribution in [3.05, 3.63) is 0 Å². The maximum atomic E-state index is 10.7. The van der Waals surface area contributed by atoms with E-state index in [0.717, 1.165) is 38.4 Å². The Morgan fingerprint density at radius 1 is 1.23 bits per heavy atom. The van der Waals surface area contributed by atoms with Crippen molar-refractivity contribution in [2.24, 2.45) is 5.92 Å². The van der Waals surface area contributed by atoms with E-state index in [1.807, 2.05) is 0 Å². The molecule has 3 nitrogen and oxygen atoms in total. The van der Waals surface area contributed by atoms with Gasteiger partial charge in [0.25, 0.3) is 0 Å². The van der Waals surface area contributed by atoms with Crippen LogP contribution in [-0.4, -0.2) is 55.4 Å². The Balaban J connectivity index is 1.94. The second kappa shape index (κ2) is 3.76. The highest BCUT2D eigenvalue weighted by molar-refractivity contribution is 5.54. The number of rotatable bonds is 1. The minimum atomic E-state index is 0.305. The van der Waals surface area contributed by atoms with Gasteiger partial charge in [0.15, 0.2) is 0 Å². The number of nitrogens with zero attached hydrogens (tertiary/aromatic N) is 2.